The number of nitro groups is 1. The van der Waals surface area contributed by atoms with E-state index < -0.39 is 22.3 Å². The summed E-state index contributed by atoms with van der Waals surface area (Å²) in [6.45, 7) is 0. The topological polar surface area (TPSA) is 108 Å². The maximum atomic E-state index is 12.0. The molecule has 0 aromatic heterocycles. The Labute approximate surface area is 151 Å². The van der Waals surface area contributed by atoms with E-state index in [0.717, 1.165) is 17.8 Å². The van der Waals surface area contributed by atoms with Crippen LogP contribution in [0.5, 0.6) is 5.75 Å². The summed E-state index contributed by atoms with van der Waals surface area (Å²) in [5, 5.41) is 26.2. The molecule has 1 fully saturated rings. The van der Waals surface area contributed by atoms with Crippen LogP contribution in [0, 0.1) is 10.1 Å². The summed E-state index contributed by atoms with van der Waals surface area (Å²) in [6, 6.07) is 10.8. The highest BCUT2D eigenvalue weighted by Gasteiger charge is 2.24. The standard InChI is InChI=1S/C16H10ClN3O4S/c17-10-5-1-2-6-11(10)18-16-19-15(22)13(25-16)8-9-4-3-7-12(14(9)21)20(23)24/h1-8,21H,(H,18,19,22)/p-1/b13-8-. The fourth-order valence-corrected chi connectivity index (χ4v) is 3.08. The van der Waals surface area contributed by atoms with E-state index in [9.17, 15) is 20.0 Å². The molecule has 0 radical (unpaired) electrons. The number of rotatable bonds is 3. The molecule has 1 aliphatic rings. The first kappa shape index (κ1) is 17.0. The van der Waals surface area contributed by atoms with Crippen LogP contribution < -0.4 is 10.4 Å². The van der Waals surface area contributed by atoms with Gasteiger partial charge in [0.2, 0.25) is 0 Å². The molecule has 1 saturated heterocycles. The van der Waals surface area contributed by atoms with Crippen molar-refractivity contribution in [1.82, 2.24) is 5.32 Å². The SMILES string of the molecule is O=C1NC(=Nc2ccccc2Cl)S/C1=C\c1cccc([N+](=O)[O-])c1[O-]. The molecular weight excluding hydrogens is 366 g/mol. The van der Waals surface area contributed by atoms with Crippen LogP contribution in [0.3, 0.4) is 0 Å². The van der Waals surface area contributed by atoms with Crippen LogP contribution in [0.4, 0.5) is 11.4 Å². The van der Waals surface area contributed by atoms with Crippen LogP contribution in [0.25, 0.3) is 6.08 Å². The highest BCUT2D eigenvalue weighted by molar-refractivity contribution is 8.18. The largest absolute Gasteiger partial charge is 0.867 e. The lowest BCUT2D eigenvalue weighted by atomic mass is 10.1. The third-order valence-electron chi connectivity index (χ3n) is 3.23. The Morgan fingerprint density at radius 2 is 1.96 bits per heavy atom. The van der Waals surface area contributed by atoms with E-state index in [2.05, 4.69) is 10.3 Å². The number of thioether (sulfide) groups is 1. The minimum atomic E-state index is -0.753. The smallest absolute Gasteiger partial charge is 0.264 e. The summed E-state index contributed by atoms with van der Waals surface area (Å²) >= 11 is 7.05. The number of halogens is 1. The average Bonchev–Trinajstić information content (AvgIpc) is 2.91. The Balaban J connectivity index is 1.91. The molecule has 9 heteroatoms. The van der Waals surface area contributed by atoms with Crippen molar-refractivity contribution in [2.75, 3.05) is 0 Å². The van der Waals surface area contributed by atoms with Crippen molar-refractivity contribution in [2.24, 2.45) is 4.99 Å². The third kappa shape index (κ3) is 3.65. The van der Waals surface area contributed by atoms with E-state index in [1.165, 1.54) is 18.2 Å². The molecule has 7 nitrogen and oxygen atoms in total. The maximum absolute atomic E-state index is 12.0. The van der Waals surface area contributed by atoms with Gasteiger partial charge in [-0.15, -0.1) is 0 Å². The molecular formula is C16H9ClN3O4S-. The van der Waals surface area contributed by atoms with E-state index in [0.29, 0.717) is 15.9 Å². The van der Waals surface area contributed by atoms with Gasteiger partial charge < -0.3 is 10.4 Å². The van der Waals surface area contributed by atoms with Gasteiger partial charge in [0, 0.05) is 6.07 Å². The van der Waals surface area contributed by atoms with E-state index in [1.807, 2.05) is 0 Å². The number of hydrogen-bond donors (Lipinski definition) is 1. The minimum absolute atomic E-state index is 0.0610. The molecule has 0 unspecified atom stereocenters. The van der Waals surface area contributed by atoms with E-state index in [1.54, 1.807) is 24.3 Å². The monoisotopic (exact) mass is 374 g/mol. The highest BCUT2D eigenvalue weighted by Crippen LogP contribution is 2.33. The molecule has 2 aromatic carbocycles. The summed E-state index contributed by atoms with van der Waals surface area (Å²) < 4.78 is 0. The number of carbonyl (C=O) groups excluding carboxylic acids is 1. The van der Waals surface area contributed by atoms with Crippen LogP contribution in [-0.2, 0) is 4.79 Å². The van der Waals surface area contributed by atoms with E-state index in [-0.39, 0.29) is 10.5 Å². The van der Waals surface area contributed by atoms with Gasteiger partial charge in [-0.1, -0.05) is 35.9 Å². The first-order chi connectivity index (χ1) is 12.0. The summed E-state index contributed by atoms with van der Waals surface area (Å²) in [5.41, 5.74) is 0.0154. The highest BCUT2D eigenvalue weighted by atomic mass is 35.5. The fourth-order valence-electron chi connectivity index (χ4n) is 2.07. The number of aliphatic imine (C=N–C) groups is 1. The molecule has 3 rings (SSSR count). The van der Waals surface area contributed by atoms with Gasteiger partial charge in [0.15, 0.2) is 5.17 Å². The van der Waals surface area contributed by atoms with Gasteiger partial charge >= 0.3 is 0 Å². The molecule has 1 heterocycles. The van der Waals surface area contributed by atoms with Crippen molar-refractivity contribution in [3.05, 3.63) is 68.1 Å². The molecule has 1 N–H and O–H groups in total. The van der Waals surface area contributed by atoms with Crippen LogP contribution >= 0.6 is 23.4 Å². The van der Waals surface area contributed by atoms with E-state index in [4.69, 9.17) is 11.6 Å². The summed E-state index contributed by atoms with van der Waals surface area (Å²) in [5.74, 6) is -1.19. The predicted molar refractivity (Wildman–Crippen MR) is 94.8 cm³/mol. The molecule has 1 aliphatic heterocycles. The second-order valence-corrected chi connectivity index (χ2v) is 6.32. The average molecular weight is 375 g/mol. The number of nitro benzene ring substituents is 1. The van der Waals surface area contributed by atoms with Gasteiger partial charge in [0.05, 0.1) is 20.5 Å². The fraction of sp³-hybridized carbons (Fsp3) is 0. The molecule has 126 valence electrons. The Morgan fingerprint density at radius 3 is 2.68 bits per heavy atom. The molecule has 0 spiro atoms. The van der Waals surface area contributed by atoms with Gasteiger partial charge in [0.25, 0.3) is 11.6 Å². The molecule has 2 aromatic rings. The number of hydrogen-bond acceptors (Lipinski definition) is 6. The normalized spacial score (nSPS) is 17.1. The summed E-state index contributed by atoms with van der Waals surface area (Å²) in [6.07, 6.45) is 1.31. The maximum Gasteiger partial charge on any atom is 0.264 e. The molecule has 0 aliphatic carbocycles. The minimum Gasteiger partial charge on any atom is -0.867 e. The number of para-hydroxylation sites is 2. The lowest BCUT2D eigenvalue weighted by Gasteiger charge is -2.10. The van der Waals surface area contributed by atoms with Crippen molar-refractivity contribution in [3.8, 4) is 5.75 Å². The Morgan fingerprint density at radius 1 is 1.20 bits per heavy atom. The number of amidine groups is 1. The zero-order valence-corrected chi connectivity index (χ0v) is 14.0. The van der Waals surface area contributed by atoms with Crippen molar-refractivity contribution in [2.45, 2.75) is 0 Å². The Hall–Kier alpha value is -2.84. The molecule has 1 amide bonds. The zero-order chi connectivity index (χ0) is 18.0. The van der Waals surface area contributed by atoms with Crippen molar-refractivity contribution in [3.63, 3.8) is 0 Å². The number of nitrogens with zero attached hydrogens (tertiary/aromatic N) is 2. The first-order valence-corrected chi connectivity index (χ1v) is 8.13. The van der Waals surface area contributed by atoms with Crippen molar-refractivity contribution < 1.29 is 14.8 Å². The molecule has 0 atom stereocenters. The lowest BCUT2D eigenvalue weighted by molar-refractivity contribution is -0.398. The molecule has 0 saturated carbocycles. The Kier molecular flexibility index (Phi) is 4.73. The lowest BCUT2D eigenvalue weighted by Crippen LogP contribution is -2.19. The van der Waals surface area contributed by atoms with Gasteiger partial charge in [-0.3, -0.25) is 14.9 Å². The second-order valence-electron chi connectivity index (χ2n) is 4.89. The van der Waals surface area contributed by atoms with E-state index >= 15 is 0 Å². The van der Waals surface area contributed by atoms with Crippen LogP contribution in [0.2, 0.25) is 5.02 Å². The molecule has 0 bridgehead atoms. The van der Waals surface area contributed by atoms with Crippen molar-refractivity contribution in [1.29, 1.82) is 0 Å². The van der Waals surface area contributed by atoms with Crippen LogP contribution in [0.1, 0.15) is 5.56 Å². The second kappa shape index (κ2) is 6.96. The zero-order valence-electron chi connectivity index (χ0n) is 12.4. The first-order valence-electron chi connectivity index (χ1n) is 6.94. The molecule has 25 heavy (non-hydrogen) atoms. The Bertz CT molecular complexity index is 943. The van der Waals surface area contributed by atoms with Gasteiger partial charge in [-0.25, -0.2) is 4.99 Å². The summed E-state index contributed by atoms with van der Waals surface area (Å²) in [4.78, 5) is 26.6. The number of amides is 1. The van der Waals surface area contributed by atoms with Gasteiger partial charge in [-0.2, -0.15) is 0 Å². The van der Waals surface area contributed by atoms with Gasteiger partial charge in [-0.05, 0) is 41.3 Å². The number of nitrogens with one attached hydrogen (secondary N) is 1. The third-order valence-corrected chi connectivity index (χ3v) is 4.46. The predicted octanol–water partition coefficient (Wildman–Crippen LogP) is 3.21. The van der Waals surface area contributed by atoms with Crippen molar-refractivity contribution >= 4 is 51.9 Å². The quantitative estimate of drug-likeness (QED) is 0.504. The van der Waals surface area contributed by atoms with Crippen LogP contribution in [-0.4, -0.2) is 16.0 Å². The van der Waals surface area contributed by atoms with Crippen LogP contribution in [0.15, 0.2) is 52.4 Å². The van der Waals surface area contributed by atoms with Gasteiger partial charge in [0.1, 0.15) is 0 Å². The summed E-state index contributed by atoms with van der Waals surface area (Å²) in [7, 11) is 0. The number of carbonyl (C=O) groups is 1. The number of benzene rings is 2.